The predicted molar refractivity (Wildman–Crippen MR) is 201 cm³/mol. The van der Waals surface area contributed by atoms with E-state index in [4.69, 9.17) is 4.74 Å². The van der Waals surface area contributed by atoms with Crippen molar-refractivity contribution in [3.63, 3.8) is 0 Å². The summed E-state index contributed by atoms with van der Waals surface area (Å²) in [5.74, 6) is 0.882. The molecule has 1 aromatic heterocycles. The second kappa shape index (κ2) is 15.1. The van der Waals surface area contributed by atoms with Gasteiger partial charge in [0.05, 0.1) is 0 Å². The topological polar surface area (TPSA) is 36.0 Å². The first kappa shape index (κ1) is 32.6. The van der Waals surface area contributed by atoms with E-state index >= 15 is 0 Å². The Morgan fingerprint density at radius 1 is 0.792 bits per heavy atom. The van der Waals surface area contributed by atoms with Crippen LogP contribution in [0.1, 0.15) is 64.7 Å². The highest BCUT2D eigenvalue weighted by atomic mass is 32.1. The molecule has 6 heteroatoms. The second-order valence-electron chi connectivity index (χ2n) is 13.6. The van der Waals surface area contributed by atoms with Crippen LogP contribution in [0.2, 0.25) is 0 Å². The number of rotatable bonds is 13. The summed E-state index contributed by atoms with van der Waals surface area (Å²) in [5.41, 5.74) is 7.47. The largest absolute Gasteiger partial charge is 0.489 e. The number of aryl methyl sites for hydroxylation is 1. The predicted octanol–water partition coefficient (Wildman–Crippen LogP) is 9.07. The minimum absolute atomic E-state index is 0.0692. The van der Waals surface area contributed by atoms with E-state index in [9.17, 15) is 4.79 Å². The quantitative estimate of drug-likeness (QED) is 0.118. The van der Waals surface area contributed by atoms with Gasteiger partial charge in [-0.3, -0.25) is 9.69 Å². The van der Waals surface area contributed by atoms with E-state index in [1.165, 1.54) is 62.9 Å². The average Bonchev–Trinajstić information content (AvgIpc) is 3.90. The Kier molecular flexibility index (Phi) is 10.2. The molecule has 0 aliphatic carbocycles. The molecular formula is C42H47N3O2S. The number of hydrogen-bond donors (Lipinski definition) is 0. The number of benzene rings is 4. The normalized spacial score (nSPS) is 15.4. The SMILES string of the molecule is CN(C)c1cc(C(=O)c2c(-c3ccc(CCCN4CCCC4)cc3)sc3cc(OCc4ccccc4)ccc23)ccc1CN1CCCC1. The standard InChI is InChI=1S/C42H47N3O2S/c1-43(2)38-27-34(18-19-35(38)29-45-24-8-9-25-45)41(46)40-37-21-20-36(47-30-32-11-4-3-5-12-32)28-39(37)48-42(40)33-16-14-31(15-17-33)13-10-26-44-22-6-7-23-44/h3-5,11-12,14-21,27-28H,6-10,13,22-26,29-30H2,1-2H3. The van der Waals surface area contributed by atoms with E-state index < -0.39 is 0 Å². The first-order valence-electron chi connectivity index (χ1n) is 17.6. The van der Waals surface area contributed by atoms with Crippen molar-refractivity contribution in [3.8, 4) is 16.2 Å². The van der Waals surface area contributed by atoms with Crippen LogP contribution in [0.3, 0.4) is 0 Å². The zero-order chi connectivity index (χ0) is 32.9. The highest BCUT2D eigenvalue weighted by Gasteiger charge is 2.24. The van der Waals surface area contributed by atoms with Gasteiger partial charge in [-0.25, -0.2) is 0 Å². The van der Waals surface area contributed by atoms with Gasteiger partial charge in [-0.2, -0.15) is 0 Å². The van der Waals surface area contributed by atoms with Crippen LogP contribution in [-0.4, -0.2) is 62.4 Å². The Balaban J connectivity index is 1.20. The molecule has 2 aliphatic rings. The number of ketones is 1. The molecule has 0 amide bonds. The molecule has 7 rings (SSSR count). The van der Waals surface area contributed by atoms with Crippen molar-refractivity contribution in [1.82, 2.24) is 9.80 Å². The van der Waals surface area contributed by atoms with E-state index in [1.54, 1.807) is 11.3 Å². The van der Waals surface area contributed by atoms with Gasteiger partial charge < -0.3 is 14.5 Å². The molecule has 0 N–H and O–H groups in total. The summed E-state index contributed by atoms with van der Waals surface area (Å²) in [6.07, 6.45) is 7.46. The first-order chi connectivity index (χ1) is 23.5. The molecule has 0 radical (unpaired) electrons. The van der Waals surface area contributed by atoms with Crippen molar-refractivity contribution in [2.24, 2.45) is 0 Å². The molecule has 2 saturated heterocycles. The maximum Gasteiger partial charge on any atom is 0.195 e. The number of nitrogens with zero attached hydrogens (tertiary/aromatic N) is 3. The Morgan fingerprint density at radius 3 is 2.25 bits per heavy atom. The lowest BCUT2D eigenvalue weighted by Gasteiger charge is -2.22. The molecule has 0 bridgehead atoms. The number of likely N-dealkylation sites (tertiary alicyclic amines) is 2. The summed E-state index contributed by atoms with van der Waals surface area (Å²) in [5, 5.41) is 0.981. The number of hydrogen-bond acceptors (Lipinski definition) is 6. The van der Waals surface area contributed by atoms with Crippen LogP contribution in [0.5, 0.6) is 5.75 Å². The molecule has 248 valence electrons. The molecule has 0 spiro atoms. The number of carbonyl (C=O) groups is 1. The molecule has 48 heavy (non-hydrogen) atoms. The molecule has 2 aliphatic heterocycles. The molecule has 0 atom stereocenters. The number of ether oxygens (including phenoxy) is 1. The summed E-state index contributed by atoms with van der Waals surface area (Å²) in [6, 6.07) is 31.6. The van der Waals surface area contributed by atoms with Crippen molar-refractivity contribution >= 4 is 32.9 Å². The lowest BCUT2D eigenvalue weighted by atomic mass is 9.95. The zero-order valence-corrected chi connectivity index (χ0v) is 29.2. The van der Waals surface area contributed by atoms with Crippen LogP contribution in [0.15, 0.2) is 91.0 Å². The van der Waals surface area contributed by atoms with Crippen molar-refractivity contribution in [1.29, 1.82) is 0 Å². The Labute approximate surface area is 289 Å². The van der Waals surface area contributed by atoms with Crippen molar-refractivity contribution in [2.45, 2.75) is 51.7 Å². The molecular weight excluding hydrogens is 611 g/mol. The van der Waals surface area contributed by atoms with E-state index in [2.05, 4.69) is 89.5 Å². The maximum atomic E-state index is 14.6. The highest BCUT2D eigenvalue weighted by Crippen LogP contribution is 2.42. The summed E-state index contributed by atoms with van der Waals surface area (Å²) >= 11 is 1.69. The van der Waals surface area contributed by atoms with Gasteiger partial charge >= 0.3 is 0 Å². The molecule has 5 nitrogen and oxygen atoms in total. The van der Waals surface area contributed by atoms with Crippen LogP contribution >= 0.6 is 11.3 Å². The highest BCUT2D eigenvalue weighted by molar-refractivity contribution is 7.22. The molecule has 2 fully saturated rings. The molecule has 5 aromatic rings. The van der Waals surface area contributed by atoms with Gasteiger partial charge in [-0.05, 0) is 118 Å². The summed E-state index contributed by atoms with van der Waals surface area (Å²) in [6.45, 7) is 7.39. The van der Waals surface area contributed by atoms with E-state index in [1.807, 2.05) is 30.3 Å². The van der Waals surface area contributed by atoms with E-state index in [-0.39, 0.29) is 5.78 Å². The van der Waals surface area contributed by atoms with Crippen molar-refractivity contribution < 1.29 is 9.53 Å². The molecule has 0 saturated carbocycles. The Hall–Kier alpha value is -3.97. The fraction of sp³-hybridized carbons (Fsp3) is 0.357. The molecule has 0 unspecified atom stereocenters. The maximum absolute atomic E-state index is 14.6. The molecule has 3 heterocycles. The Bertz CT molecular complexity index is 1830. The average molecular weight is 658 g/mol. The minimum atomic E-state index is 0.0692. The van der Waals surface area contributed by atoms with Crippen LogP contribution in [-0.2, 0) is 19.6 Å². The van der Waals surface area contributed by atoms with Gasteiger partial charge in [0, 0.05) is 52.4 Å². The third kappa shape index (κ3) is 7.52. The number of fused-ring (bicyclic) bond motifs is 1. The number of thiophene rings is 1. The number of anilines is 1. The van der Waals surface area contributed by atoms with Gasteiger partial charge in [0.2, 0.25) is 0 Å². The zero-order valence-electron chi connectivity index (χ0n) is 28.4. The van der Waals surface area contributed by atoms with Gasteiger partial charge in [-0.1, -0.05) is 66.7 Å². The van der Waals surface area contributed by atoms with E-state index in [0.29, 0.717) is 6.61 Å². The third-order valence-electron chi connectivity index (χ3n) is 9.91. The fourth-order valence-electron chi connectivity index (χ4n) is 7.25. The van der Waals surface area contributed by atoms with Crippen LogP contribution in [0.4, 0.5) is 5.69 Å². The van der Waals surface area contributed by atoms with Crippen molar-refractivity contribution in [3.05, 3.63) is 119 Å². The monoisotopic (exact) mass is 657 g/mol. The van der Waals surface area contributed by atoms with Crippen molar-refractivity contribution in [2.75, 3.05) is 51.7 Å². The smallest absolute Gasteiger partial charge is 0.195 e. The van der Waals surface area contributed by atoms with Gasteiger partial charge in [-0.15, -0.1) is 11.3 Å². The summed E-state index contributed by atoms with van der Waals surface area (Å²) in [7, 11) is 4.15. The number of carbonyl (C=O) groups excluding carboxylic acids is 1. The minimum Gasteiger partial charge on any atom is -0.489 e. The fourth-order valence-corrected chi connectivity index (χ4v) is 8.49. The van der Waals surface area contributed by atoms with Gasteiger partial charge in [0.1, 0.15) is 12.4 Å². The summed E-state index contributed by atoms with van der Waals surface area (Å²) in [4.78, 5) is 22.9. The third-order valence-corrected chi connectivity index (χ3v) is 11.1. The van der Waals surface area contributed by atoms with Crippen LogP contribution < -0.4 is 9.64 Å². The second-order valence-corrected chi connectivity index (χ2v) is 14.7. The molecule has 4 aromatic carbocycles. The lowest BCUT2D eigenvalue weighted by Crippen LogP contribution is -2.21. The van der Waals surface area contributed by atoms with E-state index in [0.717, 1.165) is 74.7 Å². The summed E-state index contributed by atoms with van der Waals surface area (Å²) < 4.78 is 7.27. The van der Waals surface area contributed by atoms with Gasteiger partial charge in [0.25, 0.3) is 0 Å². The lowest BCUT2D eigenvalue weighted by molar-refractivity contribution is 0.104. The van der Waals surface area contributed by atoms with Crippen LogP contribution in [0.25, 0.3) is 20.5 Å². The van der Waals surface area contributed by atoms with Crippen LogP contribution in [0, 0.1) is 0 Å². The first-order valence-corrected chi connectivity index (χ1v) is 18.5. The van der Waals surface area contributed by atoms with Gasteiger partial charge in [0.15, 0.2) is 5.78 Å². The Morgan fingerprint density at radius 2 is 1.52 bits per heavy atom.